The first-order chi connectivity index (χ1) is 6.26. The van der Waals surface area contributed by atoms with Crippen LogP contribution in [-0.2, 0) is 13.0 Å². The second kappa shape index (κ2) is 5.11. The molecule has 0 fully saturated rings. The van der Waals surface area contributed by atoms with Gasteiger partial charge in [0.25, 0.3) is 0 Å². The van der Waals surface area contributed by atoms with Gasteiger partial charge in [0.15, 0.2) is 5.11 Å². The van der Waals surface area contributed by atoms with Crippen LogP contribution in [0.25, 0.3) is 0 Å². The monoisotopic (exact) mass is 216 g/mol. The number of nitrogens with two attached hydrogens (primary N) is 1. The molecular weight excluding hydrogens is 204 g/mol. The van der Waals surface area contributed by atoms with E-state index in [1.165, 1.54) is 4.88 Å². The fourth-order valence-corrected chi connectivity index (χ4v) is 1.67. The number of aryl methyl sites for hydroxylation is 1. The molecule has 1 heterocycles. The van der Waals surface area contributed by atoms with Crippen molar-refractivity contribution in [3.05, 3.63) is 16.1 Å². The van der Waals surface area contributed by atoms with Gasteiger partial charge in [-0.05, 0) is 18.6 Å². The van der Waals surface area contributed by atoms with Crippen LogP contribution in [0.1, 0.15) is 16.8 Å². The van der Waals surface area contributed by atoms with E-state index in [2.05, 4.69) is 22.7 Å². The van der Waals surface area contributed by atoms with Crippen LogP contribution in [0.2, 0.25) is 0 Å². The van der Waals surface area contributed by atoms with E-state index in [1.54, 1.807) is 11.3 Å². The zero-order valence-corrected chi connectivity index (χ0v) is 8.97. The Labute approximate surface area is 86.5 Å². The highest BCUT2D eigenvalue weighted by molar-refractivity contribution is 7.80. The fraction of sp³-hybridized carbons (Fsp3) is 0.429. The number of thiocarbonyl (C=S) groups is 1. The predicted molar refractivity (Wildman–Crippen MR) is 58.3 cm³/mol. The molecule has 13 heavy (non-hydrogen) atoms. The Kier molecular flexibility index (Phi) is 4.07. The van der Waals surface area contributed by atoms with Crippen LogP contribution >= 0.6 is 23.6 Å². The van der Waals surface area contributed by atoms with Crippen LogP contribution < -0.4 is 16.6 Å². The van der Waals surface area contributed by atoms with Gasteiger partial charge < -0.3 is 10.7 Å². The lowest BCUT2D eigenvalue weighted by atomic mass is 10.4. The highest BCUT2D eigenvalue weighted by Crippen LogP contribution is 2.12. The van der Waals surface area contributed by atoms with E-state index in [-0.39, 0.29) is 0 Å². The molecule has 1 aromatic heterocycles. The summed E-state index contributed by atoms with van der Waals surface area (Å²) in [6, 6.07) is 0. The van der Waals surface area contributed by atoms with E-state index in [0.29, 0.717) is 11.7 Å². The van der Waals surface area contributed by atoms with Gasteiger partial charge in [0, 0.05) is 11.1 Å². The molecular formula is C7H12N4S2. The van der Waals surface area contributed by atoms with E-state index >= 15 is 0 Å². The quantitative estimate of drug-likeness (QED) is 0.391. The van der Waals surface area contributed by atoms with Crippen molar-refractivity contribution in [2.75, 3.05) is 0 Å². The first-order valence-corrected chi connectivity index (χ1v) is 5.16. The van der Waals surface area contributed by atoms with Crippen molar-refractivity contribution in [3.63, 3.8) is 0 Å². The van der Waals surface area contributed by atoms with Crippen molar-refractivity contribution in [1.29, 1.82) is 0 Å². The molecule has 0 aromatic carbocycles. The molecule has 0 atom stereocenters. The standard InChI is InChI=1S/C7H12N4S2/c1-2-5-3-9-6(13-5)4-10-7(12)11-8/h3H,2,4,8H2,1H3,(H2,10,11,12). The maximum absolute atomic E-state index is 5.10. The van der Waals surface area contributed by atoms with Crippen LogP contribution in [-0.4, -0.2) is 10.1 Å². The Bertz CT molecular complexity index is 284. The summed E-state index contributed by atoms with van der Waals surface area (Å²) in [7, 11) is 0. The van der Waals surface area contributed by atoms with E-state index in [9.17, 15) is 0 Å². The average Bonchev–Trinajstić information content (AvgIpc) is 2.61. The zero-order valence-electron chi connectivity index (χ0n) is 7.33. The Hall–Kier alpha value is -0.720. The molecule has 0 amide bonds. The lowest BCUT2D eigenvalue weighted by Gasteiger charge is -2.03. The third-order valence-corrected chi connectivity index (χ3v) is 2.89. The van der Waals surface area contributed by atoms with Crippen LogP contribution in [0.5, 0.6) is 0 Å². The summed E-state index contributed by atoms with van der Waals surface area (Å²) < 4.78 is 0. The van der Waals surface area contributed by atoms with Gasteiger partial charge in [-0.3, -0.25) is 0 Å². The highest BCUT2D eigenvalue weighted by Gasteiger charge is 2.00. The van der Waals surface area contributed by atoms with Crippen molar-refractivity contribution in [2.45, 2.75) is 19.9 Å². The molecule has 0 unspecified atom stereocenters. The summed E-state index contributed by atoms with van der Waals surface area (Å²) in [5.74, 6) is 5.10. The summed E-state index contributed by atoms with van der Waals surface area (Å²) >= 11 is 6.50. The molecule has 1 aromatic rings. The van der Waals surface area contributed by atoms with Crippen LogP contribution in [0, 0.1) is 0 Å². The third-order valence-electron chi connectivity index (χ3n) is 1.48. The van der Waals surface area contributed by atoms with Gasteiger partial charge >= 0.3 is 0 Å². The Morgan fingerprint density at radius 1 is 1.77 bits per heavy atom. The third kappa shape index (κ3) is 3.25. The minimum Gasteiger partial charge on any atom is -0.355 e. The van der Waals surface area contributed by atoms with E-state index in [0.717, 1.165) is 11.4 Å². The molecule has 4 N–H and O–H groups in total. The molecule has 6 heteroatoms. The maximum atomic E-state index is 5.10. The normalized spacial score (nSPS) is 9.69. The molecule has 0 bridgehead atoms. The highest BCUT2D eigenvalue weighted by atomic mass is 32.1. The fourth-order valence-electron chi connectivity index (χ4n) is 0.800. The number of hydrogen-bond donors (Lipinski definition) is 3. The van der Waals surface area contributed by atoms with Gasteiger partial charge in [0.1, 0.15) is 5.01 Å². The minimum atomic E-state index is 0.438. The second-order valence-electron chi connectivity index (χ2n) is 2.40. The van der Waals surface area contributed by atoms with E-state index < -0.39 is 0 Å². The SMILES string of the molecule is CCc1cnc(CNC(=S)NN)s1. The zero-order chi connectivity index (χ0) is 9.68. The van der Waals surface area contributed by atoms with Crippen LogP contribution in [0.4, 0.5) is 0 Å². The van der Waals surface area contributed by atoms with E-state index in [4.69, 9.17) is 18.1 Å². The largest absolute Gasteiger partial charge is 0.355 e. The number of thiazole rings is 1. The van der Waals surface area contributed by atoms with Crippen LogP contribution in [0.15, 0.2) is 6.20 Å². The Morgan fingerprint density at radius 2 is 2.54 bits per heavy atom. The number of aromatic nitrogens is 1. The molecule has 0 saturated heterocycles. The second-order valence-corrected chi connectivity index (χ2v) is 4.01. The molecule has 0 aliphatic heterocycles. The summed E-state index contributed by atoms with van der Waals surface area (Å²) in [6.45, 7) is 2.74. The number of hydrazine groups is 1. The predicted octanol–water partition coefficient (Wildman–Crippen LogP) is 0.543. The smallest absolute Gasteiger partial charge is 0.180 e. The first-order valence-electron chi connectivity index (χ1n) is 3.94. The van der Waals surface area contributed by atoms with Gasteiger partial charge in [-0.15, -0.1) is 11.3 Å². The summed E-state index contributed by atoms with van der Waals surface area (Å²) in [6.07, 6.45) is 2.91. The molecule has 0 saturated carbocycles. The number of nitrogens with zero attached hydrogens (tertiary/aromatic N) is 1. The van der Waals surface area contributed by atoms with Crippen molar-refractivity contribution in [3.8, 4) is 0 Å². The molecule has 0 aliphatic carbocycles. The number of nitrogens with one attached hydrogen (secondary N) is 2. The molecule has 0 radical (unpaired) electrons. The topological polar surface area (TPSA) is 63.0 Å². The summed E-state index contributed by atoms with van der Waals surface area (Å²) in [4.78, 5) is 5.50. The lowest BCUT2D eigenvalue weighted by Crippen LogP contribution is -2.39. The van der Waals surface area contributed by atoms with Gasteiger partial charge in [0.2, 0.25) is 0 Å². The minimum absolute atomic E-state index is 0.438. The molecule has 4 nitrogen and oxygen atoms in total. The van der Waals surface area contributed by atoms with Gasteiger partial charge in [-0.2, -0.15) is 0 Å². The molecule has 72 valence electrons. The van der Waals surface area contributed by atoms with Crippen molar-refractivity contribution >= 4 is 28.7 Å². The molecule has 1 rings (SSSR count). The Balaban J connectivity index is 2.41. The first kappa shape index (κ1) is 10.4. The van der Waals surface area contributed by atoms with Crippen molar-refractivity contribution < 1.29 is 0 Å². The number of hydrogen-bond acceptors (Lipinski definition) is 4. The molecule has 0 spiro atoms. The average molecular weight is 216 g/mol. The van der Waals surface area contributed by atoms with Crippen molar-refractivity contribution in [2.24, 2.45) is 5.84 Å². The van der Waals surface area contributed by atoms with Gasteiger partial charge in [-0.1, -0.05) is 6.92 Å². The van der Waals surface area contributed by atoms with E-state index in [1.807, 2.05) is 6.20 Å². The Morgan fingerprint density at radius 3 is 3.08 bits per heavy atom. The van der Waals surface area contributed by atoms with Gasteiger partial charge in [0.05, 0.1) is 6.54 Å². The number of rotatable bonds is 3. The maximum Gasteiger partial charge on any atom is 0.180 e. The molecule has 0 aliphatic rings. The van der Waals surface area contributed by atoms with Gasteiger partial charge in [-0.25, -0.2) is 10.8 Å². The van der Waals surface area contributed by atoms with Crippen LogP contribution in [0.3, 0.4) is 0 Å². The lowest BCUT2D eigenvalue weighted by molar-refractivity contribution is 0.858. The summed E-state index contributed by atoms with van der Waals surface area (Å²) in [5.41, 5.74) is 2.35. The summed E-state index contributed by atoms with van der Waals surface area (Å²) in [5, 5.41) is 4.39. The van der Waals surface area contributed by atoms with Crippen molar-refractivity contribution in [1.82, 2.24) is 15.7 Å².